The number of nitrogens with one attached hydrogen (secondary N) is 1. The second kappa shape index (κ2) is 14.0. The molecule has 1 aliphatic carbocycles. The number of halogens is 1. The van der Waals surface area contributed by atoms with E-state index in [4.69, 9.17) is 9.47 Å². The van der Waals surface area contributed by atoms with Crippen molar-refractivity contribution in [3.63, 3.8) is 0 Å². The van der Waals surface area contributed by atoms with Gasteiger partial charge in [-0.2, -0.15) is 4.31 Å². The van der Waals surface area contributed by atoms with Crippen LogP contribution in [0.3, 0.4) is 0 Å². The fourth-order valence-electron chi connectivity index (χ4n) is 3.61. The van der Waals surface area contributed by atoms with Crippen molar-refractivity contribution >= 4 is 40.0 Å². The molecule has 172 valence electrons. The zero-order chi connectivity index (χ0) is 20.4. The molecule has 2 rings (SSSR count). The number of guanidine groups is 1. The Hall–Kier alpha value is -0.170. The van der Waals surface area contributed by atoms with E-state index in [1.165, 1.54) is 25.7 Å². The fraction of sp³-hybridized carbons (Fsp3) is 0.947. The Kier molecular flexibility index (Phi) is 13.0. The Morgan fingerprint density at radius 1 is 1.14 bits per heavy atom. The highest BCUT2D eigenvalue weighted by Crippen LogP contribution is 2.20. The summed E-state index contributed by atoms with van der Waals surface area (Å²) in [4.78, 5) is 6.47. The van der Waals surface area contributed by atoms with Gasteiger partial charge in [-0.3, -0.25) is 4.99 Å². The molecule has 0 radical (unpaired) electrons. The SMILES string of the molecule is CN=C(NCCCOC1CCCC1)N1CCN(S(=O)(=O)CCOC(C)C)CC1.I. The standard InChI is InChI=1S/C19H38N4O4S.HI/c1-17(2)26-15-16-28(24,25)23-12-10-22(11-13-23)19(20-3)21-9-6-14-27-18-7-4-5-8-18;/h17-18H,4-16H2,1-3H3,(H,20,21);1H. The maximum Gasteiger partial charge on any atom is 0.216 e. The third-order valence-electron chi connectivity index (χ3n) is 5.20. The van der Waals surface area contributed by atoms with Gasteiger partial charge < -0.3 is 19.7 Å². The molecule has 0 aromatic rings. The second-order valence-corrected chi connectivity index (χ2v) is 9.81. The van der Waals surface area contributed by atoms with Crippen molar-refractivity contribution in [2.24, 2.45) is 4.99 Å². The Morgan fingerprint density at radius 3 is 2.38 bits per heavy atom. The number of ether oxygens (including phenoxy) is 2. The van der Waals surface area contributed by atoms with Gasteiger partial charge in [0.1, 0.15) is 0 Å². The fourth-order valence-corrected chi connectivity index (χ4v) is 4.89. The van der Waals surface area contributed by atoms with Gasteiger partial charge >= 0.3 is 0 Å². The van der Waals surface area contributed by atoms with Crippen LogP contribution in [0.2, 0.25) is 0 Å². The Labute approximate surface area is 193 Å². The van der Waals surface area contributed by atoms with E-state index in [9.17, 15) is 8.42 Å². The first-order chi connectivity index (χ1) is 13.4. The summed E-state index contributed by atoms with van der Waals surface area (Å²) in [7, 11) is -1.49. The summed E-state index contributed by atoms with van der Waals surface area (Å²) in [5, 5.41) is 3.37. The predicted molar refractivity (Wildman–Crippen MR) is 128 cm³/mol. The number of piperazine rings is 1. The molecule has 2 aliphatic rings. The van der Waals surface area contributed by atoms with Crippen LogP contribution in [0.1, 0.15) is 46.0 Å². The lowest BCUT2D eigenvalue weighted by Crippen LogP contribution is -2.54. The average Bonchev–Trinajstić information content (AvgIpc) is 3.18. The number of rotatable bonds is 10. The van der Waals surface area contributed by atoms with Crippen molar-refractivity contribution in [1.82, 2.24) is 14.5 Å². The largest absolute Gasteiger partial charge is 0.378 e. The highest BCUT2D eigenvalue weighted by atomic mass is 127. The van der Waals surface area contributed by atoms with E-state index in [-0.39, 0.29) is 42.4 Å². The second-order valence-electron chi connectivity index (χ2n) is 7.73. The Balaban J connectivity index is 0.00000420. The number of hydrogen-bond donors (Lipinski definition) is 1. The number of hydrogen-bond acceptors (Lipinski definition) is 5. The maximum atomic E-state index is 12.4. The highest BCUT2D eigenvalue weighted by molar-refractivity contribution is 14.0. The van der Waals surface area contributed by atoms with Crippen molar-refractivity contribution in [3.8, 4) is 0 Å². The van der Waals surface area contributed by atoms with Crippen LogP contribution in [0.15, 0.2) is 4.99 Å². The normalized spacial score (nSPS) is 19.6. The molecule has 0 spiro atoms. The zero-order valence-electron chi connectivity index (χ0n) is 18.1. The van der Waals surface area contributed by atoms with Gasteiger partial charge in [-0.25, -0.2) is 8.42 Å². The maximum absolute atomic E-state index is 12.4. The molecule has 1 N–H and O–H groups in total. The molecule has 0 unspecified atom stereocenters. The minimum absolute atomic E-state index is 0. The van der Waals surface area contributed by atoms with Gasteiger partial charge in [0.05, 0.1) is 24.6 Å². The lowest BCUT2D eigenvalue weighted by atomic mass is 10.3. The summed E-state index contributed by atoms with van der Waals surface area (Å²) in [6.07, 6.45) is 6.44. The Bertz CT molecular complexity index is 575. The van der Waals surface area contributed by atoms with E-state index in [1.54, 1.807) is 11.4 Å². The predicted octanol–water partition coefficient (Wildman–Crippen LogP) is 1.90. The van der Waals surface area contributed by atoms with Gasteiger partial charge in [-0.15, -0.1) is 24.0 Å². The summed E-state index contributed by atoms with van der Waals surface area (Å²) in [6.45, 7) is 7.89. The molecule has 0 amide bonds. The van der Waals surface area contributed by atoms with Crippen molar-refractivity contribution in [2.45, 2.75) is 58.2 Å². The summed E-state index contributed by atoms with van der Waals surface area (Å²) < 4.78 is 37.7. The monoisotopic (exact) mass is 546 g/mol. The molecule has 0 aromatic carbocycles. The molecular weight excluding hydrogens is 507 g/mol. The molecular formula is C19H39IN4O4S. The molecule has 0 aromatic heterocycles. The molecule has 29 heavy (non-hydrogen) atoms. The van der Waals surface area contributed by atoms with Crippen LogP contribution >= 0.6 is 24.0 Å². The van der Waals surface area contributed by atoms with Crippen LogP contribution in [0.25, 0.3) is 0 Å². The van der Waals surface area contributed by atoms with Crippen LogP contribution < -0.4 is 5.32 Å². The molecule has 1 aliphatic heterocycles. The highest BCUT2D eigenvalue weighted by Gasteiger charge is 2.28. The third-order valence-corrected chi connectivity index (χ3v) is 7.03. The topological polar surface area (TPSA) is 83.5 Å². The summed E-state index contributed by atoms with van der Waals surface area (Å²) in [6, 6.07) is 0. The first-order valence-corrected chi connectivity index (χ1v) is 12.2. The number of sulfonamides is 1. The molecule has 1 saturated carbocycles. The van der Waals surface area contributed by atoms with Crippen LogP contribution in [0, 0.1) is 0 Å². The van der Waals surface area contributed by atoms with Crippen molar-refractivity contribution < 1.29 is 17.9 Å². The quantitative estimate of drug-likeness (QED) is 0.195. The molecule has 10 heteroatoms. The lowest BCUT2D eigenvalue weighted by molar-refractivity contribution is 0.0573. The minimum atomic E-state index is -3.26. The van der Waals surface area contributed by atoms with E-state index >= 15 is 0 Å². The number of aliphatic imine (C=N–C) groups is 1. The van der Waals surface area contributed by atoms with E-state index in [2.05, 4.69) is 15.2 Å². The van der Waals surface area contributed by atoms with Crippen LogP contribution in [0.4, 0.5) is 0 Å². The summed E-state index contributed by atoms with van der Waals surface area (Å²) in [5.74, 6) is 0.875. The van der Waals surface area contributed by atoms with Gasteiger partial charge in [-0.05, 0) is 33.1 Å². The van der Waals surface area contributed by atoms with Crippen LogP contribution in [-0.2, 0) is 19.5 Å². The molecule has 1 heterocycles. The van der Waals surface area contributed by atoms with Crippen LogP contribution in [-0.4, -0.2) is 94.5 Å². The molecule has 2 fully saturated rings. The van der Waals surface area contributed by atoms with E-state index in [0.29, 0.717) is 32.3 Å². The van der Waals surface area contributed by atoms with Gasteiger partial charge in [-0.1, -0.05) is 12.8 Å². The van der Waals surface area contributed by atoms with Gasteiger partial charge in [0.2, 0.25) is 10.0 Å². The smallest absolute Gasteiger partial charge is 0.216 e. The van der Waals surface area contributed by atoms with Gasteiger partial charge in [0.25, 0.3) is 0 Å². The van der Waals surface area contributed by atoms with E-state index in [1.807, 2.05) is 13.8 Å². The zero-order valence-corrected chi connectivity index (χ0v) is 21.3. The molecule has 0 bridgehead atoms. The Morgan fingerprint density at radius 2 is 1.79 bits per heavy atom. The van der Waals surface area contributed by atoms with Crippen molar-refractivity contribution in [2.75, 3.05) is 58.7 Å². The van der Waals surface area contributed by atoms with Crippen molar-refractivity contribution in [3.05, 3.63) is 0 Å². The first-order valence-electron chi connectivity index (χ1n) is 10.6. The average molecular weight is 547 g/mol. The summed E-state index contributed by atoms with van der Waals surface area (Å²) >= 11 is 0. The number of nitrogens with zero attached hydrogens (tertiary/aromatic N) is 3. The third kappa shape index (κ3) is 9.67. The van der Waals surface area contributed by atoms with Crippen LogP contribution in [0.5, 0.6) is 0 Å². The van der Waals surface area contributed by atoms with Gasteiger partial charge in [0, 0.05) is 46.4 Å². The summed E-state index contributed by atoms with van der Waals surface area (Å²) in [5.41, 5.74) is 0. The lowest BCUT2D eigenvalue weighted by Gasteiger charge is -2.35. The van der Waals surface area contributed by atoms with Crippen molar-refractivity contribution in [1.29, 1.82) is 0 Å². The first kappa shape index (κ1) is 26.9. The van der Waals surface area contributed by atoms with E-state index < -0.39 is 10.0 Å². The van der Waals surface area contributed by atoms with Gasteiger partial charge in [0.15, 0.2) is 5.96 Å². The molecule has 1 saturated heterocycles. The minimum Gasteiger partial charge on any atom is -0.378 e. The molecule has 8 nitrogen and oxygen atoms in total. The van der Waals surface area contributed by atoms with E-state index in [0.717, 1.165) is 25.5 Å². The molecule has 0 atom stereocenters.